The highest BCUT2D eigenvalue weighted by molar-refractivity contribution is 5.87. The molecule has 6 atom stereocenters. The highest BCUT2D eigenvalue weighted by atomic mass is 16.7. The monoisotopic (exact) mass is 458 g/mol. The van der Waals surface area contributed by atoms with E-state index >= 15 is 0 Å². The Hall–Kier alpha value is -1.62. The SMILES string of the molecule is C=CC[N+](CC)(CC)COC(=O)O[C@H]1CC[C@@]2(C)C(=CC[C@@H]3[C@@H]2CC[C@]2(C)C(=O)CC[C@@H]32)C1. The summed E-state index contributed by atoms with van der Waals surface area (Å²) in [6, 6.07) is 0. The van der Waals surface area contributed by atoms with Gasteiger partial charge in [-0.2, -0.15) is 0 Å². The van der Waals surface area contributed by atoms with Crippen molar-refractivity contribution in [3.05, 3.63) is 24.3 Å². The Morgan fingerprint density at radius 1 is 1.15 bits per heavy atom. The van der Waals surface area contributed by atoms with Crippen LogP contribution in [0.2, 0.25) is 0 Å². The minimum atomic E-state index is -0.538. The average molecular weight is 459 g/mol. The van der Waals surface area contributed by atoms with E-state index < -0.39 is 6.16 Å². The van der Waals surface area contributed by atoms with Crippen LogP contribution in [0.25, 0.3) is 0 Å². The first-order valence-corrected chi connectivity index (χ1v) is 13.2. The first kappa shape index (κ1) is 24.5. The number of hydrogen-bond donors (Lipinski definition) is 0. The van der Waals surface area contributed by atoms with Gasteiger partial charge >= 0.3 is 6.16 Å². The lowest BCUT2D eigenvalue weighted by atomic mass is 9.48. The molecule has 5 nitrogen and oxygen atoms in total. The van der Waals surface area contributed by atoms with E-state index in [0.29, 0.717) is 34.8 Å². The van der Waals surface area contributed by atoms with Crippen molar-refractivity contribution in [1.29, 1.82) is 0 Å². The molecule has 0 aliphatic heterocycles. The lowest BCUT2D eigenvalue weighted by Gasteiger charge is -2.56. The van der Waals surface area contributed by atoms with Crippen LogP contribution >= 0.6 is 0 Å². The van der Waals surface area contributed by atoms with Crippen molar-refractivity contribution >= 4 is 11.9 Å². The molecule has 0 saturated heterocycles. The Labute approximate surface area is 200 Å². The number of ether oxygens (including phenoxy) is 2. The fraction of sp³-hybridized carbons (Fsp3) is 0.786. The van der Waals surface area contributed by atoms with Crippen LogP contribution in [0, 0.1) is 28.6 Å². The zero-order valence-electron chi connectivity index (χ0n) is 21.2. The maximum absolute atomic E-state index is 12.6. The van der Waals surface area contributed by atoms with Crippen molar-refractivity contribution in [2.24, 2.45) is 28.6 Å². The zero-order chi connectivity index (χ0) is 23.9. The summed E-state index contributed by atoms with van der Waals surface area (Å²) >= 11 is 0. The van der Waals surface area contributed by atoms with Crippen LogP contribution in [0.3, 0.4) is 0 Å². The summed E-state index contributed by atoms with van der Waals surface area (Å²) in [4.78, 5) is 25.1. The molecule has 0 aromatic heterocycles. The summed E-state index contributed by atoms with van der Waals surface area (Å²) in [6.45, 7) is 15.6. The molecule has 0 amide bonds. The van der Waals surface area contributed by atoms with Crippen molar-refractivity contribution in [2.75, 3.05) is 26.4 Å². The van der Waals surface area contributed by atoms with Gasteiger partial charge in [-0.1, -0.05) is 32.1 Å². The summed E-state index contributed by atoms with van der Waals surface area (Å²) in [5.41, 5.74) is 1.57. The van der Waals surface area contributed by atoms with Crippen molar-refractivity contribution < 1.29 is 23.5 Å². The van der Waals surface area contributed by atoms with Gasteiger partial charge in [-0.3, -0.25) is 9.28 Å². The second-order valence-electron chi connectivity index (χ2n) is 11.6. The second kappa shape index (κ2) is 9.20. The summed E-state index contributed by atoms with van der Waals surface area (Å²) in [5.74, 6) is 2.34. The zero-order valence-corrected chi connectivity index (χ0v) is 21.2. The summed E-state index contributed by atoms with van der Waals surface area (Å²) < 4.78 is 12.1. The molecule has 0 radical (unpaired) electrons. The van der Waals surface area contributed by atoms with E-state index in [0.717, 1.165) is 71.0 Å². The van der Waals surface area contributed by atoms with Gasteiger partial charge in [-0.25, -0.2) is 4.79 Å². The Morgan fingerprint density at radius 2 is 1.85 bits per heavy atom. The van der Waals surface area contributed by atoms with Crippen LogP contribution in [0.1, 0.15) is 79.1 Å². The van der Waals surface area contributed by atoms with Crippen LogP contribution in [-0.2, 0) is 14.3 Å². The molecule has 3 fully saturated rings. The number of carbonyl (C=O) groups excluding carboxylic acids is 2. The number of allylic oxidation sites excluding steroid dienone is 1. The third-order valence-corrected chi connectivity index (χ3v) is 10.3. The predicted molar refractivity (Wildman–Crippen MR) is 129 cm³/mol. The van der Waals surface area contributed by atoms with E-state index in [9.17, 15) is 9.59 Å². The summed E-state index contributed by atoms with van der Waals surface area (Å²) in [6.07, 6.45) is 11.6. The summed E-state index contributed by atoms with van der Waals surface area (Å²) in [5, 5.41) is 0. The molecule has 0 aromatic carbocycles. The van der Waals surface area contributed by atoms with Gasteiger partial charge in [0.05, 0.1) is 19.6 Å². The van der Waals surface area contributed by atoms with Crippen molar-refractivity contribution in [2.45, 2.75) is 85.2 Å². The number of carbonyl (C=O) groups is 2. The maximum atomic E-state index is 12.6. The number of likely N-dealkylation sites (N-methyl/N-ethyl adjacent to an activating group) is 1. The number of hydrogen-bond acceptors (Lipinski definition) is 4. The molecule has 0 bridgehead atoms. The third-order valence-electron chi connectivity index (χ3n) is 10.3. The molecular formula is C28H44NO4+. The average Bonchev–Trinajstić information content (AvgIpc) is 3.11. The molecule has 184 valence electrons. The number of Topliss-reactive ketones (excluding diaryl/α,β-unsaturated/α-hetero) is 1. The van der Waals surface area contributed by atoms with Crippen LogP contribution in [0.5, 0.6) is 0 Å². The topological polar surface area (TPSA) is 52.6 Å². The molecule has 0 unspecified atom stereocenters. The third kappa shape index (κ3) is 4.19. The quantitative estimate of drug-likeness (QED) is 0.202. The molecular weight excluding hydrogens is 414 g/mol. The van der Waals surface area contributed by atoms with E-state index in [1.54, 1.807) is 0 Å². The van der Waals surface area contributed by atoms with Gasteiger partial charge in [0.1, 0.15) is 11.9 Å². The summed E-state index contributed by atoms with van der Waals surface area (Å²) in [7, 11) is 0. The normalized spacial score (nSPS) is 37.9. The van der Waals surface area contributed by atoms with E-state index in [1.165, 1.54) is 5.57 Å². The molecule has 33 heavy (non-hydrogen) atoms. The fourth-order valence-corrected chi connectivity index (χ4v) is 7.85. The molecule has 3 saturated carbocycles. The Bertz CT molecular complexity index is 815. The van der Waals surface area contributed by atoms with Crippen LogP contribution in [-0.4, -0.2) is 48.9 Å². The van der Waals surface area contributed by atoms with E-state index in [2.05, 4.69) is 40.3 Å². The lowest BCUT2D eigenvalue weighted by Crippen LogP contribution is -2.51. The Morgan fingerprint density at radius 3 is 2.55 bits per heavy atom. The van der Waals surface area contributed by atoms with Gasteiger partial charge < -0.3 is 9.47 Å². The predicted octanol–water partition coefficient (Wildman–Crippen LogP) is 6.04. The van der Waals surface area contributed by atoms with Gasteiger partial charge in [0, 0.05) is 18.3 Å². The first-order valence-electron chi connectivity index (χ1n) is 13.2. The highest BCUT2D eigenvalue weighted by Gasteiger charge is 2.58. The van der Waals surface area contributed by atoms with Crippen molar-refractivity contribution in [1.82, 2.24) is 0 Å². The second-order valence-corrected chi connectivity index (χ2v) is 11.6. The van der Waals surface area contributed by atoms with E-state index in [4.69, 9.17) is 9.47 Å². The minimum absolute atomic E-state index is 0.0801. The van der Waals surface area contributed by atoms with E-state index in [1.807, 2.05) is 6.08 Å². The largest absolute Gasteiger partial charge is 0.512 e. The van der Waals surface area contributed by atoms with Crippen LogP contribution < -0.4 is 0 Å². The lowest BCUT2D eigenvalue weighted by molar-refractivity contribution is -0.935. The maximum Gasteiger partial charge on any atom is 0.512 e. The van der Waals surface area contributed by atoms with Crippen molar-refractivity contribution in [3.8, 4) is 0 Å². The number of rotatable bonds is 7. The fourth-order valence-electron chi connectivity index (χ4n) is 7.85. The molecule has 4 aliphatic carbocycles. The number of nitrogens with zero attached hydrogens (tertiary/aromatic N) is 1. The van der Waals surface area contributed by atoms with Gasteiger partial charge in [-0.15, -0.1) is 0 Å². The highest BCUT2D eigenvalue weighted by Crippen LogP contribution is 2.64. The van der Waals surface area contributed by atoms with Crippen molar-refractivity contribution in [3.63, 3.8) is 0 Å². The molecule has 5 heteroatoms. The number of quaternary nitrogens is 1. The van der Waals surface area contributed by atoms with Crippen LogP contribution in [0.15, 0.2) is 24.3 Å². The standard InChI is InChI=1S/C28H44NO4/c1-6-17-29(7-2,8-3)19-32-26(31)33-21-13-15-27(4)20(18-21)9-10-22-23-11-12-25(30)28(23,5)16-14-24(22)27/h6,9,21-24H,1,7-8,10-19H2,2-5H3/q+1/t21-,22-,23-,24-,27-,28-/m0/s1. The van der Waals surface area contributed by atoms with E-state index in [-0.39, 0.29) is 16.9 Å². The first-order chi connectivity index (χ1) is 15.7. The minimum Gasteiger partial charge on any atom is -0.431 e. The molecule has 0 N–H and O–H groups in total. The molecule has 4 rings (SSSR count). The number of fused-ring (bicyclic) bond motifs is 5. The molecule has 4 aliphatic rings. The Balaban J connectivity index is 1.38. The molecule has 0 heterocycles. The van der Waals surface area contributed by atoms with Gasteiger partial charge in [0.25, 0.3) is 0 Å². The van der Waals surface area contributed by atoms with Gasteiger partial charge in [0.2, 0.25) is 6.73 Å². The van der Waals surface area contributed by atoms with Gasteiger partial charge in [-0.05, 0) is 81.6 Å². The Kier molecular flexibility index (Phi) is 6.83. The smallest absolute Gasteiger partial charge is 0.431 e. The van der Waals surface area contributed by atoms with Gasteiger partial charge in [0.15, 0.2) is 0 Å². The molecule has 0 aromatic rings. The number of ketones is 1. The molecule has 0 spiro atoms. The van der Waals surface area contributed by atoms with Crippen LogP contribution in [0.4, 0.5) is 4.79 Å².